The number of hydroxylamine groups is 2. The average Bonchev–Trinajstić information content (AvgIpc) is 2.60. The van der Waals surface area contributed by atoms with Gasteiger partial charge < -0.3 is 4.84 Å². The third kappa shape index (κ3) is 4.46. The largest absolute Gasteiger partial charge is 0.333 e. The zero-order valence-electron chi connectivity index (χ0n) is 11.5. The van der Waals surface area contributed by atoms with Crippen LogP contribution in [-0.2, 0) is 24.0 Å². The first-order chi connectivity index (χ1) is 8.81. The molecule has 0 radical (unpaired) electrons. The minimum atomic E-state index is -0.660. The molecule has 1 aliphatic heterocycles. The number of rotatable bonds is 6. The molecular formula is C13H19NO5. The molecule has 1 saturated heterocycles. The maximum atomic E-state index is 11.6. The van der Waals surface area contributed by atoms with E-state index in [4.69, 9.17) is 4.84 Å². The van der Waals surface area contributed by atoms with Gasteiger partial charge in [0.15, 0.2) is 0 Å². The molecule has 0 aliphatic carbocycles. The number of nitrogens with zero attached hydrogens (tertiary/aromatic N) is 1. The van der Waals surface area contributed by atoms with E-state index in [2.05, 4.69) is 0 Å². The van der Waals surface area contributed by atoms with Crippen LogP contribution in [0, 0.1) is 11.8 Å². The van der Waals surface area contributed by atoms with Crippen LogP contribution in [0.4, 0.5) is 0 Å². The molecule has 0 aromatic carbocycles. The molecule has 6 nitrogen and oxygen atoms in total. The monoisotopic (exact) mass is 269 g/mol. The number of hydrogen-bond acceptors (Lipinski definition) is 5. The number of carbonyl (C=O) groups excluding carboxylic acids is 4. The van der Waals surface area contributed by atoms with Crippen molar-refractivity contribution in [3.05, 3.63) is 0 Å². The second-order valence-electron chi connectivity index (χ2n) is 5.18. The zero-order chi connectivity index (χ0) is 14.6. The topological polar surface area (TPSA) is 80.8 Å². The van der Waals surface area contributed by atoms with E-state index in [-0.39, 0.29) is 43.3 Å². The van der Waals surface area contributed by atoms with E-state index >= 15 is 0 Å². The van der Waals surface area contributed by atoms with E-state index in [9.17, 15) is 19.2 Å². The van der Waals surface area contributed by atoms with Crippen molar-refractivity contribution >= 4 is 23.6 Å². The summed E-state index contributed by atoms with van der Waals surface area (Å²) in [5.41, 5.74) is 0. The molecule has 6 heteroatoms. The summed E-state index contributed by atoms with van der Waals surface area (Å²) in [7, 11) is 0. The Hall–Kier alpha value is -1.72. The maximum Gasteiger partial charge on any atom is 0.333 e. The third-order valence-electron chi connectivity index (χ3n) is 2.91. The van der Waals surface area contributed by atoms with E-state index < -0.39 is 17.8 Å². The molecule has 0 aromatic rings. The van der Waals surface area contributed by atoms with E-state index in [0.717, 1.165) is 0 Å². The Labute approximate surface area is 112 Å². The SMILES string of the molecule is CC(CC(=O)ON1C(=O)CCC1=O)CC(=O)C(C)C. The molecule has 1 atom stereocenters. The highest BCUT2D eigenvalue weighted by atomic mass is 16.7. The van der Waals surface area contributed by atoms with Crippen LogP contribution in [0.5, 0.6) is 0 Å². The van der Waals surface area contributed by atoms with Crippen LogP contribution in [0.25, 0.3) is 0 Å². The van der Waals surface area contributed by atoms with Crippen LogP contribution < -0.4 is 0 Å². The first-order valence-corrected chi connectivity index (χ1v) is 6.40. The predicted octanol–water partition coefficient (Wildman–Crippen LogP) is 1.23. The minimum absolute atomic E-state index is 0.00944. The number of imide groups is 1. The third-order valence-corrected chi connectivity index (χ3v) is 2.91. The average molecular weight is 269 g/mol. The Balaban J connectivity index is 2.41. The summed E-state index contributed by atoms with van der Waals surface area (Å²) in [4.78, 5) is 50.3. The van der Waals surface area contributed by atoms with Gasteiger partial charge in [0.05, 0.1) is 6.42 Å². The van der Waals surface area contributed by atoms with Crippen molar-refractivity contribution in [1.29, 1.82) is 0 Å². The number of hydrogen-bond donors (Lipinski definition) is 0. The van der Waals surface area contributed by atoms with Gasteiger partial charge in [-0.3, -0.25) is 14.4 Å². The molecule has 106 valence electrons. The highest BCUT2D eigenvalue weighted by Crippen LogP contribution is 2.16. The summed E-state index contributed by atoms with van der Waals surface area (Å²) in [5.74, 6) is -1.81. The molecule has 0 aromatic heterocycles. The van der Waals surface area contributed by atoms with Gasteiger partial charge >= 0.3 is 5.97 Å². The van der Waals surface area contributed by atoms with Crippen molar-refractivity contribution in [2.75, 3.05) is 0 Å². The van der Waals surface area contributed by atoms with E-state index in [0.29, 0.717) is 5.06 Å². The lowest BCUT2D eigenvalue weighted by Crippen LogP contribution is -2.32. The number of carbonyl (C=O) groups is 4. The van der Waals surface area contributed by atoms with E-state index in [1.54, 1.807) is 20.8 Å². The Morgan fingerprint density at radius 2 is 1.63 bits per heavy atom. The molecule has 0 bridgehead atoms. The fraction of sp³-hybridized carbons (Fsp3) is 0.692. The summed E-state index contributed by atoms with van der Waals surface area (Å²) in [5, 5.41) is 0.527. The van der Waals surface area contributed by atoms with Crippen molar-refractivity contribution in [3.63, 3.8) is 0 Å². The smallest absolute Gasteiger partial charge is 0.330 e. The van der Waals surface area contributed by atoms with Gasteiger partial charge in [0.25, 0.3) is 11.8 Å². The number of Topliss-reactive ketones (excluding diaryl/α,β-unsaturated/α-hetero) is 1. The van der Waals surface area contributed by atoms with Gasteiger partial charge in [0, 0.05) is 25.2 Å². The highest BCUT2D eigenvalue weighted by Gasteiger charge is 2.33. The molecule has 0 spiro atoms. The van der Waals surface area contributed by atoms with Gasteiger partial charge in [-0.05, 0) is 5.92 Å². The molecule has 2 amide bonds. The van der Waals surface area contributed by atoms with Crippen LogP contribution in [0.2, 0.25) is 0 Å². The fourth-order valence-corrected chi connectivity index (χ4v) is 1.73. The predicted molar refractivity (Wildman–Crippen MR) is 65.4 cm³/mol. The summed E-state index contributed by atoms with van der Waals surface area (Å²) in [6, 6.07) is 0. The molecule has 19 heavy (non-hydrogen) atoms. The summed E-state index contributed by atoms with van der Waals surface area (Å²) >= 11 is 0. The standard InChI is InChI=1S/C13H19NO5/c1-8(2)10(15)6-9(3)7-13(18)19-14-11(16)4-5-12(14)17/h8-9H,4-7H2,1-3H3. The van der Waals surface area contributed by atoms with Gasteiger partial charge in [-0.2, -0.15) is 0 Å². The number of ketones is 1. The molecule has 1 heterocycles. The van der Waals surface area contributed by atoms with Crippen molar-refractivity contribution in [3.8, 4) is 0 Å². The van der Waals surface area contributed by atoms with Gasteiger partial charge in [-0.25, -0.2) is 4.79 Å². The van der Waals surface area contributed by atoms with Gasteiger partial charge in [0.2, 0.25) is 0 Å². The van der Waals surface area contributed by atoms with Crippen molar-refractivity contribution in [2.45, 2.75) is 46.5 Å². The zero-order valence-corrected chi connectivity index (χ0v) is 11.5. The minimum Gasteiger partial charge on any atom is -0.330 e. The van der Waals surface area contributed by atoms with Crippen LogP contribution in [0.15, 0.2) is 0 Å². The van der Waals surface area contributed by atoms with E-state index in [1.165, 1.54) is 0 Å². The van der Waals surface area contributed by atoms with Crippen LogP contribution in [0.1, 0.15) is 46.5 Å². The molecular weight excluding hydrogens is 250 g/mol. The molecule has 1 rings (SSSR count). The molecule has 1 fully saturated rings. The summed E-state index contributed by atoms with van der Waals surface area (Å²) < 4.78 is 0. The highest BCUT2D eigenvalue weighted by molar-refractivity contribution is 6.01. The molecule has 1 unspecified atom stereocenters. The Morgan fingerprint density at radius 1 is 1.11 bits per heavy atom. The second-order valence-corrected chi connectivity index (χ2v) is 5.18. The Morgan fingerprint density at radius 3 is 2.11 bits per heavy atom. The molecule has 1 aliphatic rings. The molecule has 0 saturated carbocycles. The first-order valence-electron chi connectivity index (χ1n) is 6.40. The van der Waals surface area contributed by atoms with Crippen molar-refractivity contribution in [2.24, 2.45) is 11.8 Å². The van der Waals surface area contributed by atoms with E-state index in [1.807, 2.05) is 0 Å². The summed E-state index contributed by atoms with van der Waals surface area (Å²) in [6.45, 7) is 5.36. The van der Waals surface area contributed by atoms with Crippen molar-refractivity contribution < 1.29 is 24.0 Å². The van der Waals surface area contributed by atoms with Gasteiger partial charge in [-0.15, -0.1) is 5.06 Å². The normalized spacial score (nSPS) is 16.9. The second kappa shape index (κ2) is 6.45. The van der Waals surface area contributed by atoms with Crippen molar-refractivity contribution in [1.82, 2.24) is 5.06 Å². The number of amides is 2. The van der Waals surface area contributed by atoms with Gasteiger partial charge in [-0.1, -0.05) is 20.8 Å². The van der Waals surface area contributed by atoms with Crippen LogP contribution in [-0.4, -0.2) is 28.6 Å². The molecule has 0 N–H and O–H groups in total. The fourth-order valence-electron chi connectivity index (χ4n) is 1.73. The lowest BCUT2D eigenvalue weighted by molar-refractivity contribution is -0.198. The summed E-state index contributed by atoms with van der Waals surface area (Å²) in [6.07, 6.45) is 0.450. The lowest BCUT2D eigenvalue weighted by Gasteiger charge is -2.15. The quantitative estimate of drug-likeness (QED) is 0.677. The van der Waals surface area contributed by atoms with Crippen LogP contribution >= 0.6 is 0 Å². The lowest BCUT2D eigenvalue weighted by atomic mass is 9.96. The Kier molecular flexibility index (Phi) is 5.20. The van der Waals surface area contributed by atoms with Crippen LogP contribution in [0.3, 0.4) is 0 Å². The maximum absolute atomic E-state index is 11.6. The first kappa shape index (κ1) is 15.3. The van der Waals surface area contributed by atoms with Gasteiger partial charge in [0.1, 0.15) is 5.78 Å². The Bertz CT molecular complexity index is 386.